The fourth-order valence-electron chi connectivity index (χ4n) is 2.10. The molecule has 1 heterocycles. The highest BCUT2D eigenvalue weighted by Gasteiger charge is 2.29. The molecule has 0 amide bonds. The first kappa shape index (κ1) is 13.6. The van der Waals surface area contributed by atoms with Gasteiger partial charge in [0, 0.05) is 6.42 Å². The smallest absolute Gasteiger partial charge is 0.161 e. The molecule has 1 fully saturated rings. The van der Waals surface area contributed by atoms with E-state index in [-0.39, 0.29) is 0 Å². The molecule has 0 aromatic heterocycles. The zero-order valence-electron chi connectivity index (χ0n) is 10.9. The number of hydrogen-bond acceptors (Lipinski definition) is 6. The molecular weight excluding hydrogens is 250 g/mol. The fraction of sp³-hybridized carbons (Fsp3) is 0.462. The maximum Gasteiger partial charge on any atom is 0.161 e. The number of benzene rings is 1. The Labute approximate surface area is 111 Å². The summed E-state index contributed by atoms with van der Waals surface area (Å²) in [6.45, 7) is 0. The van der Waals surface area contributed by atoms with Crippen LogP contribution in [0.2, 0.25) is 0 Å². The third-order valence-electron chi connectivity index (χ3n) is 3.08. The Hall–Kier alpha value is -1.79. The van der Waals surface area contributed by atoms with Gasteiger partial charge in [0.15, 0.2) is 17.8 Å². The van der Waals surface area contributed by atoms with Gasteiger partial charge in [-0.25, -0.2) is 0 Å². The molecule has 0 radical (unpaired) electrons. The highest BCUT2D eigenvalue weighted by atomic mass is 16.6. The van der Waals surface area contributed by atoms with Crippen LogP contribution in [0.1, 0.15) is 24.5 Å². The average molecular weight is 267 g/mol. The van der Waals surface area contributed by atoms with E-state index in [1.165, 1.54) is 0 Å². The Morgan fingerprint density at radius 3 is 2.63 bits per heavy atom. The normalized spacial score (nSPS) is 25.3. The minimum absolute atomic E-state index is 0.420. The van der Waals surface area contributed by atoms with Crippen molar-refractivity contribution in [2.45, 2.75) is 25.2 Å². The van der Waals surface area contributed by atoms with Crippen molar-refractivity contribution < 1.29 is 24.5 Å². The topological polar surface area (TPSA) is 80.5 Å². The molecule has 0 saturated carbocycles. The Morgan fingerprint density at radius 1 is 1.26 bits per heavy atom. The first-order valence-electron chi connectivity index (χ1n) is 5.96. The highest BCUT2D eigenvalue weighted by Crippen LogP contribution is 2.34. The maximum absolute atomic E-state index is 9.57. The van der Waals surface area contributed by atoms with E-state index < -0.39 is 12.4 Å². The van der Waals surface area contributed by atoms with Crippen LogP contribution in [0.25, 0.3) is 0 Å². The summed E-state index contributed by atoms with van der Waals surface area (Å²) in [6, 6.07) is 5.27. The van der Waals surface area contributed by atoms with Crippen molar-refractivity contribution in [1.29, 1.82) is 0 Å². The van der Waals surface area contributed by atoms with Crippen LogP contribution in [0.4, 0.5) is 0 Å². The van der Waals surface area contributed by atoms with E-state index in [4.69, 9.17) is 19.4 Å². The van der Waals surface area contributed by atoms with E-state index in [0.29, 0.717) is 30.1 Å². The van der Waals surface area contributed by atoms with E-state index in [0.717, 1.165) is 5.56 Å². The molecule has 2 rings (SSSR count). The predicted octanol–water partition coefficient (Wildman–Crippen LogP) is 1.70. The van der Waals surface area contributed by atoms with E-state index in [9.17, 15) is 5.11 Å². The number of aliphatic hydroxyl groups is 1. The summed E-state index contributed by atoms with van der Waals surface area (Å²) in [6.07, 6.45) is -0.531. The predicted molar refractivity (Wildman–Crippen MR) is 67.8 cm³/mol. The standard InChI is InChI=1S/C13H17NO5/c1-17-10-5-3-8(7-11(10)18-2)13-9(14-16)4-6-12(15)19-13/h3,5,7,12-13,15-16H,4,6H2,1-2H3/b14-9+. The first-order valence-corrected chi connectivity index (χ1v) is 5.96. The molecule has 0 bridgehead atoms. The van der Waals surface area contributed by atoms with Crippen LogP contribution in [0, 0.1) is 0 Å². The Morgan fingerprint density at radius 2 is 2.00 bits per heavy atom. The molecule has 0 aliphatic carbocycles. The molecule has 1 aromatic rings. The molecule has 2 N–H and O–H groups in total. The van der Waals surface area contributed by atoms with E-state index in [2.05, 4.69) is 5.16 Å². The lowest BCUT2D eigenvalue weighted by atomic mass is 9.98. The van der Waals surface area contributed by atoms with Crippen LogP contribution in [0.15, 0.2) is 23.4 Å². The molecule has 6 heteroatoms. The Kier molecular flexibility index (Phi) is 4.24. The monoisotopic (exact) mass is 267 g/mol. The summed E-state index contributed by atoms with van der Waals surface area (Å²) in [4.78, 5) is 0. The molecule has 6 nitrogen and oxygen atoms in total. The number of methoxy groups -OCH3 is 2. The van der Waals surface area contributed by atoms with Crippen LogP contribution in [0.3, 0.4) is 0 Å². The third kappa shape index (κ3) is 2.80. The first-order chi connectivity index (χ1) is 9.19. The van der Waals surface area contributed by atoms with Crippen molar-refractivity contribution in [1.82, 2.24) is 0 Å². The van der Waals surface area contributed by atoms with Crippen molar-refractivity contribution in [3.8, 4) is 11.5 Å². The minimum Gasteiger partial charge on any atom is -0.493 e. The fourth-order valence-corrected chi connectivity index (χ4v) is 2.10. The third-order valence-corrected chi connectivity index (χ3v) is 3.08. The van der Waals surface area contributed by atoms with Gasteiger partial charge in [0.2, 0.25) is 0 Å². The van der Waals surface area contributed by atoms with Crippen molar-refractivity contribution >= 4 is 5.71 Å². The van der Waals surface area contributed by atoms with Crippen LogP contribution in [0.5, 0.6) is 11.5 Å². The second-order valence-electron chi connectivity index (χ2n) is 4.22. The second kappa shape index (κ2) is 5.90. The van der Waals surface area contributed by atoms with Gasteiger partial charge in [-0.3, -0.25) is 0 Å². The maximum atomic E-state index is 9.57. The van der Waals surface area contributed by atoms with Gasteiger partial charge in [-0.1, -0.05) is 11.2 Å². The molecule has 1 saturated heterocycles. The number of aliphatic hydroxyl groups excluding tert-OH is 1. The number of ether oxygens (including phenoxy) is 3. The summed E-state index contributed by atoms with van der Waals surface area (Å²) >= 11 is 0. The number of rotatable bonds is 3. The second-order valence-corrected chi connectivity index (χ2v) is 4.22. The lowest BCUT2D eigenvalue weighted by Crippen LogP contribution is -2.29. The lowest BCUT2D eigenvalue weighted by molar-refractivity contribution is -0.131. The lowest BCUT2D eigenvalue weighted by Gasteiger charge is -2.28. The summed E-state index contributed by atoms with van der Waals surface area (Å²) in [5.74, 6) is 1.16. The molecular formula is C13H17NO5. The molecule has 1 aromatic carbocycles. The van der Waals surface area contributed by atoms with Crippen LogP contribution < -0.4 is 9.47 Å². The zero-order chi connectivity index (χ0) is 13.8. The average Bonchev–Trinajstić information content (AvgIpc) is 2.46. The molecule has 104 valence electrons. The minimum atomic E-state index is -0.858. The largest absolute Gasteiger partial charge is 0.493 e. The van der Waals surface area contributed by atoms with Gasteiger partial charge in [-0.2, -0.15) is 0 Å². The van der Waals surface area contributed by atoms with Gasteiger partial charge in [0.05, 0.1) is 19.9 Å². The molecule has 0 spiro atoms. The number of oxime groups is 1. The van der Waals surface area contributed by atoms with Crippen molar-refractivity contribution in [2.24, 2.45) is 5.16 Å². The summed E-state index contributed by atoms with van der Waals surface area (Å²) in [7, 11) is 3.10. The summed E-state index contributed by atoms with van der Waals surface area (Å²) < 4.78 is 15.8. The van der Waals surface area contributed by atoms with Gasteiger partial charge >= 0.3 is 0 Å². The quantitative estimate of drug-likeness (QED) is 0.643. The van der Waals surface area contributed by atoms with Crippen LogP contribution in [-0.4, -0.2) is 36.5 Å². The number of nitrogens with zero attached hydrogens (tertiary/aromatic N) is 1. The Bertz CT molecular complexity index is 474. The van der Waals surface area contributed by atoms with Crippen LogP contribution in [-0.2, 0) is 4.74 Å². The van der Waals surface area contributed by atoms with E-state index in [1.807, 2.05) is 0 Å². The van der Waals surface area contributed by atoms with Gasteiger partial charge in [0.25, 0.3) is 0 Å². The summed E-state index contributed by atoms with van der Waals surface area (Å²) in [5.41, 5.74) is 1.22. The van der Waals surface area contributed by atoms with Crippen molar-refractivity contribution in [3.63, 3.8) is 0 Å². The SMILES string of the molecule is COc1ccc(C2OC(O)CC/C2=N\O)cc1OC. The summed E-state index contributed by atoms with van der Waals surface area (Å²) in [5, 5.41) is 21.8. The number of hydrogen-bond donors (Lipinski definition) is 2. The molecule has 19 heavy (non-hydrogen) atoms. The van der Waals surface area contributed by atoms with E-state index >= 15 is 0 Å². The van der Waals surface area contributed by atoms with E-state index in [1.54, 1.807) is 32.4 Å². The van der Waals surface area contributed by atoms with Gasteiger partial charge in [0.1, 0.15) is 6.10 Å². The van der Waals surface area contributed by atoms with Crippen molar-refractivity contribution in [3.05, 3.63) is 23.8 Å². The van der Waals surface area contributed by atoms with Gasteiger partial charge in [-0.05, 0) is 24.1 Å². The zero-order valence-corrected chi connectivity index (χ0v) is 10.9. The highest BCUT2D eigenvalue weighted by molar-refractivity contribution is 5.90. The van der Waals surface area contributed by atoms with Gasteiger partial charge < -0.3 is 24.5 Å². The Balaban J connectivity index is 2.34. The molecule has 2 unspecified atom stereocenters. The van der Waals surface area contributed by atoms with Gasteiger partial charge in [-0.15, -0.1) is 0 Å². The van der Waals surface area contributed by atoms with Crippen molar-refractivity contribution in [2.75, 3.05) is 14.2 Å². The van der Waals surface area contributed by atoms with Crippen LogP contribution >= 0.6 is 0 Å². The molecule has 1 aliphatic rings. The molecule has 1 aliphatic heterocycles. The molecule has 2 atom stereocenters.